The Morgan fingerprint density at radius 2 is 2.00 bits per heavy atom. The van der Waals surface area contributed by atoms with Crippen LogP contribution in [0, 0.1) is 28.6 Å². The molecule has 0 radical (unpaired) electrons. The highest BCUT2D eigenvalue weighted by atomic mass is 14.7. The average molecular weight is 204 g/mol. The summed E-state index contributed by atoms with van der Waals surface area (Å²) in [6, 6.07) is 0. The van der Waals surface area contributed by atoms with Crippen LogP contribution in [-0.2, 0) is 0 Å². The van der Waals surface area contributed by atoms with Crippen molar-refractivity contribution in [2.24, 2.45) is 28.6 Å². The van der Waals surface area contributed by atoms with Crippen molar-refractivity contribution in [1.82, 2.24) is 0 Å². The molecule has 3 saturated carbocycles. The van der Waals surface area contributed by atoms with Crippen molar-refractivity contribution in [2.45, 2.75) is 52.9 Å². The van der Waals surface area contributed by atoms with E-state index in [2.05, 4.69) is 27.4 Å². The van der Waals surface area contributed by atoms with Gasteiger partial charge in [0.1, 0.15) is 0 Å². The Morgan fingerprint density at radius 3 is 2.73 bits per heavy atom. The van der Waals surface area contributed by atoms with Crippen molar-refractivity contribution in [3.05, 3.63) is 12.2 Å². The van der Waals surface area contributed by atoms with E-state index in [0.29, 0.717) is 5.41 Å². The molecule has 15 heavy (non-hydrogen) atoms. The van der Waals surface area contributed by atoms with Gasteiger partial charge < -0.3 is 0 Å². The van der Waals surface area contributed by atoms with Gasteiger partial charge in [-0.05, 0) is 60.7 Å². The predicted molar refractivity (Wildman–Crippen MR) is 64.6 cm³/mol. The molecule has 3 aliphatic rings. The summed E-state index contributed by atoms with van der Waals surface area (Å²) in [5, 5.41) is 0. The Hall–Kier alpha value is -0.260. The standard InChI is InChI=1S/C15H24/c1-10-7-8-15-9-12(10)14(3,4)13(15)6-5-11(15)2/h11-13H,1,5-9H2,2-4H3/t11-,12-,13+,15+/m1/s1. The molecule has 84 valence electrons. The second kappa shape index (κ2) is 2.70. The van der Waals surface area contributed by atoms with Crippen LogP contribution in [0.5, 0.6) is 0 Å². The molecule has 1 spiro atoms. The molecular formula is C15H24. The summed E-state index contributed by atoms with van der Waals surface area (Å²) in [6.45, 7) is 11.9. The van der Waals surface area contributed by atoms with E-state index in [9.17, 15) is 0 Å². The third-order valence-corrected chi connectivity index (χ3v) is 6.35. The summed E-state index contributed by atoms with van der Waals surface area (Å²) in [5.74, 6) is 2.79. The van der Waals surface area contributed by atoms with Crippen LogP contribution >= 0.6 is 0 Å². The molecule has 0 N–H and O–H groups in total. The van der Waals surface area contributed by atoms with Crippen molar-refractivity contribution in [3.8, 4) is 0 Å². The maximum absolute atomic E-state index is 4.34. The Kier molecular flexibility index (Phi) is 1.79. The van der Waals surface area contributed by atoms with E-state index >= 15 is 0 Å². The van der Waals surface area contributed by atoms with E-state index in [1.165, 1.54) is 32.1 Å². The van der Waals surface area contributed by atoms with Crippen LogP contribution < -0.4 is 0 Å². The molecule has 0 aromatic carbocycles. The second-order valence-electron chi connectivity index (χ2n) is 7.00. The first-order chi connectivity index (χ1) is 6.98. The average Bonchev–Trinajstić information content (AvgIpc) is 2.57. The van der Waals surface area contributed by atoms with E-state index in [-0.39, 0.29) is 0 Å². The van der Waals surface area contributed by atoms with Crippen LogP contribution in [0.4, 0.5) is 0 Å². The molecule has 3 rings (SSSR count). The van der Waals surface area contributed by atoms with Crippen molar-refractivity contribution >= 4 is 0 Å². The fourth-order valence-electron chi connectivity index (χ4n) is 5.44. The minimum Gasteiger partial charge on any atom is -0.0996 e. The molecule has 3 aliphatic carbocycles. The molecule has 0 heteroatoms. The molecule has 0 saturated heterocycles. The lowest BCUT2D eigenvalue weighted by Crippen LogP contribution is -2.30. The lowest BCUT2D eigenvalue weighted by atomic mass is 9.67. The fraction of sp³-hybridized carbons (Fsp3) is 0.867. The molecule has 0 heterocycles. The van der Waals surface area contributed by atoms with E-state index in [1.807, 2.05) is 0 Å². The SMILES string of the molecule is C=C1CC[C@@]23C[C@H]1C(C)(C)[C@@H]2CC[C@H]3C. The number of hydrogen-bond acceptors (Lipinski definition) is 0. The lowest BCUT2D eigenvalue weighted by Gasteiger charge is -2.38. The Morgan fingerprint density at radius 1 is 1.27 bits per heavy atom. The topological polar surface area (TPSA) is 0 Å². The minimum absolute atomic E-state index is 0.540. The quantitative estimate of drug-likeness (QED) is 0.513. The lowest BCUT2D eigenvalue weighted by molar-refractivity contribution is 0.118. The van der Waals surface area contributed by atoms with Gasteiger partial charge in [0.15, 0.2) is 0 Å². The molecule has 0 aliphatic heterocycles. The highest BCUT2D eigenvalue weighted by Crippen LogP contribution is 2.72. The summed E-state index contributed by atoms with van der Waals surface area (Å²) in [6.07, 6.45) is 7.18. The number of rotatable bonds is 0. The van der Waals surface area contributed by atoms with Crippen LogP contribution in [0.15, 0.2) is 12.2 Å². The number of fused-ring (bicyclic) bond motifs is 1. The maximum Gasteiger partial charge on any atom is -0.0146 e. The molecule has 2 bridgehead atoms. The molecular weight excluding hydrogens is 180 g/mol. The van der Waals surface area contributed by atoms with E-state index in [0.717, 1.165) is 23.2 Å². The highest BCUT2D eigenvalue weighted by Gasteiger charge is 2.63. The smallest absolute Gasteiger partial charge is 0.0146 e. The van der Waals surface area contributed by atoms with E-state index in [1.54, 1.807) is 5.57 Å². The van der Waals surface area contributed by atoms with Crippen molar-refractivity contribution in [2.75, 3.05) is 0 Å². The summed E-state index contributed by atoms with van der Waals surface area (Å²) in [7, 11) is 0. The van der Waals surface area contributed by atoms with Crippen LogP contribution in [0.1, 0.15) is 52.9 Å². The first kappa shape index (κ1) is 9.93. The van der Waals surface area contributed by atoms with Gasteiger partial charge in [0.05, 0.1) is 0 Å². The zero-order valence-electron chi connectivity index (χ0n) is 10.5. The van der Waals surface area contributed by atoms with E-state index < -0.39 is 0 Å². The minimum atomic E-state index is 0.540. The van der Waals surface area contributed by atoms with Crippen LogP contribution in [0.25, 0.3) is 0 Å². The Labute approximate surface area is 94.1 Å². The first-order valence-electron chi connectivity index (χ1n) is 6.66. The third kappa shape index (κ3) is 0.990. The van der Waals surface area contributed by atoms with E-state index in [4.69, 9.17) is 0 Å². The van der Waals surface area contributed by atoms with Crippen LogP contribution in [0.2, 0.25) is 0 Å². The van der Waals surface area contributed by atoms with Gasteiger partial charge >= 0.3 is 0 Å². The van der Waals surface area contributed by atoms with Crippen LogP contribution in [-0.4, -0.2) is 0 Å². The normalized spacial score (nSPS) is 51.9. The maximum atomic E-state index is 4.34. The van der Waals surface area contributed by atoms with Gasteiger partial charge in [0.2, 0.25) is 0 Å². The summed E-state index contributed by atoms with van der Waals surface area (Å²) in [5.41, 5.74) is 2.82. The molecule has 0 nitrogen and oxygen atoms in total. The van der Waals surface area contributed by atoms with Gasteiger partial charge in [-0.1, -0.05) is 32.9 Å². The predicted octanol–water partition coefficient (Wildman–Crippen LogP) is 4.42. The van der Waals surface area contributed by atoms with Crippen molar-refractivity contribution in [1.29, 1.82) is 0 Å². The monoisotopic (exact) mass is 204 g/mol. The highest BCUT2D eigenvalue weighted by molar-refractivity contribution is 5.23. The summed E-state index contributed by atoms with van der Waals surface area (Å²) < 4.78 is 0. The van der Waals surface area contributed by atoms with Crippen molar-refractivity contribution < 1.29 is 0 Å². The molecule has 0 aromatic rings. The fourth-order valence-corrected chi connectivity index (χ4v) is 5.44. The summed E-state index contributed by atoms with van der Waals surface area (Å²) >= 11 is 0. The molecule has 0 unspecified atom stereocenters. The van der Waals surface area contributed by atoms with Gasteiger partial charge in [-0.2, -0.15) is 0 Å². The van der Waals surface area contributed by atoms with Crippen LogP contribution in [0.3, 0.4) is 0 Å². The molecule has 0 aromatic heterocycles. The van der Waals surface area contributed by atoms with Gasteiger partial charge in [-0.25, -0.2) is 0 Å². The Balaban J connectivity index is 2.08. The number of hydrogen-bond donors (Lipinski definition) is 0. The summed E-state index contributed by atoms with van der Waals surface area (Å²) in [4.78, 5) is 0. The molecule has 3 fully saturated rings. The van der Waals surface area contributed by atoms with Gasteiger partial charge in [-0.3, -0.25) is 0 Å². The third-order valence-electron chi connectivity index (χ3n) is 6.35. The largest absolute Gasteiger partial charge is 0.0996 e. The first-order valence-corrected chi connectivity index (χ1v) is 6.66. The second-order valence-corrected chi connectivity index (χ2v) is 7.00. The van der Waals surface area contributed by atoms with Gasteiger partial charge in [-0.15, -0.1) is 0 Å². The number of allylic oxidation sites excluding steroid dienone is 1. The zero-order valence-corrected chi connectivity index (χ0v) is 10.5. The van der Waals surface area contributed by atoms with Gasteiger partial charge in [0, 0.05) is 0 Å². The van der Waals surface area contributed by atoms with Crippen molar-refractivity contribution in [3.63, 3.8) is 0 Å². The molecule has 0 amide bonds. The Bertz CT molecular complexity index is 312. The molecule has 4 atom stereocenters. The van der Waals surface area contributed by atoms with Gasteiger partial charge in [0.25, 0.3) is 0 Å². The zero-order chi connectivity index (χ0) is 10.8.